The molecule has 1 aliphatic rings. The lowest BCUT2D eigenvalue weighted by Gasteiger charge is -2.06. The maximum absolute atomic E-state index is 11.1. The third-order valence-corrected chi connectivity index (χ3v) is 1.90. The zero-order chi connectivity index (χ0) is 9.14. The number of ether oxygens (including phenoxy) is 1. The Kier molecular flexibility index (Phi) is 2.63. The van der Waals surface area contributed by atoms with Crippen molar-refractivity contribution in [2.24, 2.45) is 5.92 Å². The Balaban J connectivity index is 2.41. The molecule has 3 nitrogen and oxygen atoms in total. The fourth-order valence-corrected chi connectivity index (χ4v) is 1.30. The largest absolute Gasteiger partial charge is 0.393 e. The molecule has 1 rings (SSSR count). The van der Waals surface area contributed by atoms with Gasteiger partial charge >= 0.3 is 11.9 Å². The molecule has 1 aliphatic carbocycles. The highest BCUT2D eigenvalue weighted by Crippen LogP contribution is 2.25. The van der Waals surface area contributed by atoms with E-state index in [9.17, 15) is 9.59 Å². The standard InChI is InChI=1S/C9H12O3/c1-6-3-4-8(5-6)9(11)12-7(2)10/h3,8H,4-5H2,1-2H3. The van der Waals surface area contributed by atoms with Crippen LogP contribution in [0.5, 0.6) is 0 Å². The smallest absolute Gasteiger partial charge is 0.317 e. The van der Waals surface area contributed by atoms with Crippen LogP contribution in [-0.4, -0.2) is 11.9 Å². The Morgan fingerprint density at radius 3 is 2.67 bits per heavy atom. The molecule has 1 atom stereocenters. The topological polar surface area (TPSA) is 43.4 Å². The van der Waals surface area contributed by atoms with E-state index in [4.69, 9.17) is 0 Å². The van der Waals surface area contributed by atoms with Crippen molar-refractivity contribution in [1.82, 2.24) is 0 Å². The van der Waals surface area contributed by atoms with Crippen LogP contribution in [-0.2, 0) is 14.3 Å². The molecule has 0 spiro atoms. The number of hydrogen-bond acceptors (Lipinski definition) is 3. The van der Waals surface area contributed by atoms with Crippen molar-refractivity contribution in [3.63, 3.8) is 0 Å². The van der Waals surface area contributed by atoms with Crippen LogP contribution in [0.25, 0.3) is 0 Å². The third-order valence-electron chi connectivity index (χ3n) is 1.90. The molecule has 66 valence electrons. The molecule has 0 aromatic carbocycles. The van der Waals surface area contributed by atoms with E-state index in [0.717, 1.165) is 6.42 Å². The Hall–Kier alpha value is -1.12. The van der Waals surface area contributed by atoms with Crippen LogP contribution in [0.15, 0.2) is 11.6 Å². The van der Waals surface area contributed by atoms with Crippen molar-refractivity contribution in [2.75, 3.05) is 0 Å². The predicted molar refractivity (Wildman–Crippen MR) is 43.3 cm³/mol. The lowest BCUT2D eigenvalue weighted by molar-refractivity contribution is -0.160. The second-order valence-electron chi connectivity index (χ2n) is 3.10. The van der Waals surface area contributed by atoms with Gasteiger partial charge in [-0.25, -0.2) is 0 Å². The minimum absolute atomic E-state index is 0.131. The van der Waals surface area contributed by atoms with Gasteiger partial charge in [0.2, 0.25) is 0 Å². The number of carbonyl (C=O) groups excluding carboxylic acids is 2. The van der Waals surface area contributed by atoms with Crippen LogP contribution in [0.2, 0.25) is 0 Å². The maximum Gasteiger partial charge on any atom is 0.317 e. The zero-order valence-corrected chi connectivity index (χ0v) is 7.29. The van der Waals surface area contributed by atoms with Gasteiger partial charge in [-0.1, -0.05) is 11.6 Å². The van der Waals surface area contributed by atoms with E-state index in [2.05, 4.69) is 4.74 Å². The van der Waals surface area contributed by atoms with E-state index in [1.807, 2.05) is 13.0 Å². The van der Waals surface area contributed by atoms with E-state index >= 15 is 0 Å². The first-order valence-corrected chi connectivity index (χ1v) is 3.97. The van der Waals surface area contributed by atoms with Crippen LogP contribution >= 0.6 is 0 Å². The molecule has 0 fully saturated rings. The van der Waals surface area contributed by atoms with Crippen LogP contribution in [0, 0.1) is 5.92 Å². The molecule has 3 heteroatoms. The fourth-order valence-electron chi connectivity index (χ4n) is 1.30. The van der Waals surface area contributed by atoms with Crippen LogP contribution in [0.3, 0.4) is 0 Å². The highest BCUT2D eigenvalue weighted by molar-refractivity contribution is 5.86. The number of allylic oxidation sites excluding steroid dienone is 2. The summed E-state index contributed by atoms with van der Waals surface area (Å²) in [7, 11) is 0. The third kappa shape index (κ3) is 2.19. The minimum atomic E-state index is -0.524. The summed E-state index contributed by atoms with van der Waals surface area (Å²) in [6.45, 7) is 3.22. The highest BCUT2D eigenvalue weighted by Gasteiger charge is 2.24. The van der Waals surface area contributed by atoms with Gasteiger partial charge in [0, 0.05) is 6.92 Å². The van der Waals surface area contributed by atoms with Crippen molar-refractivity contribution in [3.05, 3.63) is 11.6 Å². The summed E-state index contributed by atoms with van der Waals surface area (Å²) in [5, 5.41) is 0. The molecule has 0 aromatic heterocycles. The van der Waals surface area contributed by atoms with Crippen molar-refractivity contribution >= 4 is 11.9 Å². The first-order chi connectivity index (χ1) is 5.59. The summed E-state index contributed by atoms with van der Waals surface area (Å²) in [4.78, 5) is 21.6. The van der Waals surface area contributed by atoms with Crippen molar-refractivity contribution in [2.45, 2.75) is 26.7 Å². The monoisotopic (exact) mass is 168 g/mol. The van der Waals surface area contributed by atoms with Crippen molar-refractivity contribution in [1.29, 1.82) is 0 Å². The number of rotatable bonds is 1. The number of hydrogen-bond donors (Lipinski definition) is 0. The van der Waals surface area contributed by atoms with Gasteiger partial charge in [0.05, 0.1) is 5.92 Å². The number of esters is 2. The summed E-state index contributed by atoms with van der Waals surface area (Å²) in [6, 6.07) is 0. The van der Waals surface area contributed by atoms with Crippen LogP contribution < -0.4 is 0 Å². The van der Waals surface area contributed by atoms with Gasteiger partial charge in [0.15, 0.2) is 0 Å². The van der Waals surface area contributed by atoms with Gasteiger partial charge in [-0.2, -0.15) is 0 Å². The summed E-state index contributed by atoms with van der Waals surface area (Å²) in [5.41, 5.74) is 1.19. The molecule has 0 N–H and O–H groups in total. The lowest BCUT2D eigenvalue weighted by Crippen LogP contribution is -2.17. The van der Waals surface area contributed by atoms with E-state index < -0.39 is 11.9 Å². The molecule has 0 heterocycles. The lowest BCUT2D eigenvalue weighted by atomic mass is 10.1. The summed E-state index contributed by atoms with van der Waals surface area (Å²) in [5.74, 6) is -1.05. The predicted octanol–water partition coefficient (Wildman–Crippen LogP) is 1.43. The van der Waals surface area contributed by atoms with Gasteiger partial charge < -0.3 is 4.74 Å². The molecular formula is C9H12O3. The SMILES string of the molecule is CC(=O)OC(=O)C1CC=C(C)C1. The maximum atomic E-state index is 11.1. The Labute approximate surface area is 71.4 Å². The highest BCUT2D eigenvalue weighted by atomic mass is 16.6. The molecular weight excluding hydrogens is 156 g/mol. The van der Waals surface area contributed by atoms with Crippen molar-refractivity contribution in [3.8, 4) is 0 Å². The Morgan fingerprint density at radius 1 is 1.58 bits per heavy atom. The summed E-state index contributed by atoms with van der Waals surface area (Å²) < 4.78 is 4.47. The second kappa shape index (κ2) is 3.52. The van der Waals surface area contributed by atoms with Gasteiger partial charge in [0.1, 0.15) is 0 Å². The fraction of sp³-hybridized carbons (Fsp3) is 0.556. The van der Waals surface area contributed by atoms with Gasteiger partial charge in [-0.05, 0) is 19.8 Å². The van der Waals surface area contributed by atoms with Crippen molar-refractivity contribution < 1.29 is 14.3 Å². The Morgan fingerprint density at radius 2 is 2.25 bits per heavy atom. The normalized spacial score (nSPS) is 21.8. The molecule has 12 heavy (non-hydrogen) atoms. The van der Waals surface area contributed by atoms with E-state index in [-0.39, 0.29) is 5.92 Å². The average molecular weight is 168 g/mol. The second-order valence-corrected chi connectivity index (χ2v) is 3.10. The summed E-state index contributed by atoms with van der Waals surface area (Å²) in [6.07, 6.45) is 3.44. The molecule has 0 amide bonds. The van der Waals surface area contributed by atoms with E-state index in [1.165, 1.54) is 12.5 Å². The molecule has 0 saturated carbocycles. The van der Waals surface area contributed by atoms with E-state index in [0.29, 0.717) is 6.42 Å². The van der Waals surface area contributed by atoms with E-state index in [1.54, 1.807) is 0 Å². The first-order valence-electron chi connectivity index (χ1n) is 3.97. The van der Waals surface area contributed by atoms with Gasteiger partial charge in [-0.15, -0.1) is 0 Å². The van der Waals surface area contributed by atoms with Gasteiger partial charge in [0.25, 0.3) is 0 Å². The minimum Gasteiger partial charge on any atom is -0.393 e. The first kappa shape index (κ1) is 8.97. The van der Waals surface area contributed by atoms with Gasteiger partial charge in [-0.3, -0.25) is 9.59 Å². The molecule has 0 radical (unpaired) electrons. The molecule has 0 aromatic rings. The zero-order valence-electron chi connectivity index (χ0n) is 7.29. The summed E-state index contributed by atoms with van der Waals surface area (Å²) >= 11 is 0. The van der Waals surface area contributed by atoms with Crippen LogP contribution in [0.4, 0.5) is 0 Å². The average Bonchev–Trinajstić information content (AvgIpc) is 2.34. The number of carbonyl (C=O) groups is 2. The Bertz CT molecular complexity index is 240. The molecule has 0 aliphatic heterocycles. The quantitative estimate of drug-likeness (QED) is 0.338. The molecule has 0 saturated heterocycles. The van der Waals surface area contributed by atoms with Crippen LogP contribution in [0.1, 0.15) is 26.7 Å². The molecule has 0 bridgehead atoms. The molecule has 1 unspecified atom stereocenters.